The fourth-order valence-corrected chi connectivity index (χ4v) is 2.47. The second-order valence-corrected chi connectivity index (χ2v) is 5.31. The van der Waals surface area contributed by atoms with Crippen molar-refractivity contribution in [2.24, 2.45) is 5.73 Å². The topological polar surface area (TPSA) is 26.0 Å². The zero-order valence-electron chi connectivity index (χ0n) is 10.5. The van der Waals surface area contributed by atoms with Gasteiger partial charge in [-0.3, -0.25) is 0 Å². The van der Waals surface area contributed by atoms with Crippen LogP contribution in [0.3, 0.4) is 0 Å². The van der Waals surface area contributed by atoms with Crippen LogP contribution in [0.1, 0.15) is 17.0 Å². The number of benzene rings is 2. The van der Waals surface area contributed by atoms with Crippen molar-refractivity contribution in [1.29, 1.82) is 0 Å². The van der Waals surface area contributed by atoms with Gasteiger partial charge in [0.05, 0.1) is 10.0 Å². The molecule has 0 radical (unpaired) electrons. The second-order valence-electron chi connectivity index (χ2n) is 4.52. The van der Waals surface area contributed by atoms with Crippen molar-refractivity contribution in [1.82, 2.24) is 0 Å². The highest BCUT2D eigenvalue weighted by Crippen LogP contribution is 2.30. The molecule has 0 saturated heterocycles. The first-order valence-electron chi connectivity index (χ1n) is 6.10. The van der Waals surface area contributed by atoms with Crippen LogP contribution < -0.4 is 5.73 Å². The third-order valence-electron chi connectivity index (χ3n) is 3.20. The third-order valence-corrected chi connectivity index (χ3v) is 4.06. The standard InChI is InChI=1S/C15H13Cl2F2N/c16-12-3-1-2-10(15(12)17)6-11(8-20)9-4-5-13(18)14(19)7-9/h1-5,7,11H,6,8,20H2. The van der Waals surface area contributed by atoms with E-state index in [2.05, 4.69) is 0 Å². The Hall–Kier alpha value is -1.16. The molecule has 5 heteroatoms. The zero-order chi connectivity index (χ0) is 14.7. The molecule has 0 saturated carbocycles. The summed E-state index contributed by atoms with van der Waals surface area (Å²) in [6.07, 6.45) is 0.515. The van der Waals surface area contributed by atoms with Crippen molar-refractivity contribution in [2.45, 2.75) is 12.3 Å². The van der Waals surface area contributed by atoms with Gasteiger partial charge in [-0.2, -0.15) is 0 Å². The van der Waals surface area contributed by atoms with Crippen LogP contribution in [-0.2, 0) is 6.42 Å². The van der Waals surface area contributed by atoms with E-state index in [-0.39, 0.29) is 5.92 Å². The monoisotopic (exact) mass is 315 g/mol. The number of nitrogens with two attached hydrogens (primary N) is 1. The summed E-state index contributed by atoms with van der Waals surface area (Å²) in [6.45, 7) is 0.300. The SMILES string of the molecule is NCC(Cc1cccc(Cl)c1Cl)c1ccc(F)c(F)c1. The van der Waals surface area contributed by atoms with Gasteiger partial charge in [0.25, 0.3) is 0 Å². The van der Waals surface area contributed by atoms with E-state index in [0.717, 1.165) is 11.6 Å². The fraction of sp³-hybridized carbons (Fsp3) is 0.200. The van der Waals surface area contributed by atoms with Gasteiger partial charge in [0.1, 0.15) is 0 Å². The molecule has 2 rings (SSSR count). The normalized spacial score (nSPS) is 12.4. The van der Waals surface area contributed by atoms with Crippen molar-refractivity contribution in [3.8, 4) is 0 Å². The Morgan fingerprint density at radius 3 is 2.45 bits per heavy atom. The number of halogens is 4. The van der Waals surface area contributed by atoms with Gasteiger partial charge in [-0.05, 0) is 42.3 Å². The molecule has 0 aromatic heterocycles. The first-order chi connectivity index (χ1) is 9.52. The lowest BCUT2D eigenvalue weighted by Crippen LogP contribution is -2.15. The fourth-order valence-electron chi connectivity index (χ4n) is 2.08. The molecular weight excluding hydrogens is 303 g/mol. The Morgan fingerprint density at radius 1 is 1.05 bits per heavy atom. The third kappa shape index (κ3) is 3.29. The lowest BCUT2D eigenvalue weighted by molar-refractivity contribution is 0.505. The van der Waals surface area contributed by atoms with Gasteiger partial charge in [0.2, 0.25) is 0 Å². The molecule has 2 N–H and O–H groups in total. The molecule has 0 spiro atoms. The summed E-state index contributed by atoms with van der Waals surface area (Å²) in [6, 6.07) is 9.15. The molecule has 0 bridgehead atoms. The average molecular weight is 316 g/mol. The van der Waals surface area contributed by atoms with E-state index in [0.29, 0.717) is 28.6 Å². The lowest BCUT2D eigenvalue weighted by atomic mass is 9.92. The minimum absolute atomic E-state index is 0.152. The van der Waals surface area contributed by atoms with Crippen LogP contribution in [0.25, 0.3) is 0 Å². The smallest absolute Gasteiger partial charge is 0.159 e. The number of rotatable bonds is 4. The summed E-state index contributed by atoms with van der Waals surface area (Å²) in [7, 11) is 0. The number of hydrogen-bond acceptors (Lipinski definition) is 1. The molecule has 0 amide bonds. The van der Waals surface area contributed by atoms with E-state index >= 15 is 0 Å². The quantitative estimate of drug-likeness (QED) is 0.879. The molecule has 0 aliphatic carbocycles. The highest BCUT2D eigenvalue weighted by Gasteiger charge is 2.15. The predicted molar refractivity (Wildman–Crippen MR) is 78.3 cm³/mol. The van der Waals surface area contributed by atoms with E-state index in [1.165, 1.54) is 12.1 Å². The van der Waals surface area contributed by atoms with Crippen LogP contribution in [-0.4, -0.2) is 6.54 Å². The van der Waals surface area contributed by atoms with Crippen LogP contribution in [0.4, 0.5) is 8.78 Å². The molecular formula is C15H13Cl2F2N. The molecule has 106 valence electrons. The maximum absolute atomic E-state index is 13.3. The van der Waals surface area contributed by atoms with Crippen molar-refractivity contribution >= 4 is 23.2 Å². The van der Waals surface area contributed by atoms with Gasteiger partial charge < -0.3 is 5.73 Å². The largest absolute Gasteiger partial charge is 0.330 e. The lowest BCUT2D eigenvalue weighted by Gasteiger charge is -2.17. The van der Waals surface area contributed by atoms with E-state index in [4.69, 9.17) is 28.9 Å². The maximum Gasteiger partial charge on any atom is 0.159 e. The van der Waals surface area contributed by atoms with Crippen LogP contribution >= 0.6 is 23.2 Å². The van der Waals surface area contributed by atoms with Crippen molar-refractivity contribution in [3.63, 3.8) is 0 Å². The Kier molecular flexibility index (Phi) is 4.97. The molecule has 2 aromatic carbocycles. The molecule has 0 aliphatic heterocycles. The van der Waals surface area contributed by atoms with Gasteiger partial charge in [-0.15, -0.1) is 0 Å². The van der Waals surface area contributed by atoms with E-state index in [1.54, 1.807) is 12.1 Å². The minimum Gasteiger partial charge on any atom is -0.330 e. The summed E-state index contributed by atoms with van der Waals surface area (Å²) in [4.78, 5) is 0. The van der Waals surface area contributed by atoms with Crippen molar-refractivity contribution in [2.75, 3.05) is 6.54 Å². The average Bonchev–Trinajstić information content (AvgIpc) is 2.44. The van der Waals surface area contributed by atoms with Gasteiger partial charge in [0, 0.05) is 5.92 Å². The highest BCUT2D eigenvalue weighted by molar-refractivity contribution is 6.42. The Balaban J connectivity index is 2.28. The van der Waals surface area contributed by atoms with Crippen molar-refractivity contribution < 1.29 is 8.78 Å². The van der Waals surface area contributed by atoms with Crippen LogP contribution in [0.5, 0.6) is 0 Å². The predicted octanol–water partition coefficient (Wildman–Crippen LogP) is 4.56. The van der Waals surface area contributed by atoms with E-state index in [1.807, 2.05) is 6.07 Å². The summed E-state index contributed by atoms with van der Waals surface area (Å²) in [5, 5.41) is 0.931. The maximum atomic E-state index is 13.3. The van der Waals surface area contributed by atoms with Gasteiger partial charge in [-0.1, -0.05) is 41.4 Å². The first-order valence-corrected chi connectivity index (χ1v) is 6.86. The first kappa shape index (κ1) is 15.2. The second kappa shape index (κ2) is 6.53. The molecule has 0 aliphatic rings. The molecule has 20 heavy (non-hydrogen) atoms. The summed E-state index contributed by atoms with van der Waals surface area (Å²) < 4.78 is 26.3. The highest BCUT2D eigenvalue weighted by atomic mass is 35.5. The summed E-state index contributed by atoms with van der Waals surface area (Å²) in [5.74, 6) is -1.90. The Morgan fingerprint density at radius 2 is 1.80 bits per heavy atom. The van der Waals surface area contributed by atoms with E-state index in [9.17, 15) is 8.78 Å². The van der Waals surface area contributed by atoms with Gasteiger partial charge in [-0.25, -0.2) is 8.78 Å². The molecule has 1 nitrogen and oxygen atoms in total. The zero-order valence-corrected chi connectivity index (χ0v) is 12.1. The van der Waals surface area contributed by atoms with Gasteiger partial charge in [0.15, 0.2) is 11.6 Å². The van der Waals surface area contributed by atoms with E-state index < -0.39 is 11.6 Å². The Bertz CT molecular complexity index is 617. The van der Waals surface area contributed by atoms with Crippen LogP contribution in [0, 0.1) is 11.6 Å². The van der Waals surface area contributed by atoms with Gasteiger partial charge >= 0.3 is 0 Å². The summed E-state index contributed by atoms with van der Waals surface area (Å²) >= 11 is 12.1. The molecule has 0 fully saturated rings. The minimum atomic E-state index is -0.877. The summed E-state index contributed by atoms with van der Waals surface area (Å²) in [5.41, 5.74) is 7.21. The molecule has 0 heterocycles. The number of hydrogen-bond donors (Lipinski definition) is 1. The Labute approximate surface area is 126 Å². The molecule has 2 aromatic rings. The molecule has 1 atom stereocenters. The van der Waals surface area contributed by atoms with Crippen LogP contribution in [0.15, 0.2) is 36.4 Å². The molecule has 1 unspecified atom stereocenters. The van der Waals surface area contributed by atoms with Crippen LogP contribution in [0.2, 0.25) is 10.0 Å². The van der Waals surface area contributed by atoms with Crippen molar-refractivity contribution in [3.05, 3.63) is 69.2 Å².